The van der Waals surface area contributed by atoms with E-state index in [2.05, 4.69) is 31.3 Å². The van der Waals surface area contributed by atoms with Gasteiger partial charge in [0, 0.05) is 12.6 Å². The first-order valence-electron chi connectivity index (χ1n) is 11.5. The van der Waals surface area contributed by atoms with E-state index >= 15 is 0 Å². The van der Waals surface area contributed by atoms with E-state index < -0.39 is 17.5 Å². The van der Waals surface area contributed by atoms with Gasteiger partial charge < -0.3 is 30.0 Å². The third-order valence-corrected chi connectivity index (χ3v) is 5.32. The molecular weight excluding hydrogens is 408 g/mol. The molecule has 1 aliphatic rings. The van der Waals surface area contributed by atoms with Crippen LogP contribution in [-0.2, 0) is 20.6 Å². The van der Waals surface area contributed by atoms with Crippen LogP contribution in [-0.4, -0.2) is 49.4 Å². The Labute approximate surface area is 193 Å². The SMILES string of the molecule is CC(C)(CCc1ccc(OCC2COC(C)(C)O2)cc1)C[C@@H](CN)NC(=O)OC(C)(C)C. The number of aryl methyl sites for hydroxylation is 1. The molecule has 0 bridgehead atoms. The second kappa shape index (κ2) is 10.9. The van der Waals surface area contributed by atoms with Gasteiger partial charge in [0.15, 0.2) is 5.79 Å². The highest BCUT2D eigenvalue weighted by Gasteiger charge is 2.33. The number of nitrogens with two attached hydrogens (primary N) is 1. The maximum absolute atomic E-state index is 12.1. The molecule has 7 heteroatoms. The van der Waals surface area contributed by atoms with Crippen LogP contribution in [0.3, 0.4) is 0 Å². The van der Waals surface area contributed by atoms with Gasteiger partial charge >= 0.3 is 6.09 Å². The van der Waals surface area contributed by atoms with Gasteiger partial charge in [0.25, 0.3) is 0 Å². The minimum atomic E-state index is -0.532. The molecule has 7 nitrogen and oxygen atoms in total. The summed E-state index contributed by atoms with van der Waals surface area (Å²) in [6.07, 6.45) is 2.23. The Hall–Kier alpha value is -1.83. The summed E-state index contributed by atoms with van der Waals surface area (Å²) in [6.45, 7) is 15.2. The molecular formula is C25H42N2O5. The van der Waals surface area contributed by atoms with Crippen LogP contribution in [0, 0.1) is 5.41 Å². The first-order valence-corrected chi connectivity index (χ1v) is 11.5. The predicted octanol–water partition coefficient (Wildman–Crippen LogP) is 4.42. The number of carbonyl (C=O) groups is 1. The van der Waals surface area contributed by atoms with Crippen molar-refractivity contribution >= 4 is 6.09 Å². The van der Waals surface area contributed by atoms with Gasteiger partial charge in [-0.25, -0.2) is 4.79 Å². The first-order chi connectivity index (χ1) is 14.8. The number of nitrogens with one attached hydrogen (secondary N) is 1. The summed E-state index contributed by atoms with van der Waals surface area (Å²) in [7, 11) is 0. The van der Waals surface area contributed by atoms with Crippen LogP contribution < -0.4 is 15.8 Å². The number of hydrogen-bond acceptors (Lipinski definition) is 6. The van der Waals surface area contributed by atoms with Crippen LogP contribution in [0.5, 0.6) is 5.75 Å². The van der Waals surface area contributed by atoms with Crippen molar-refractivity contribution in [2.24, 2.45) is 11.1 Å². The van der Waals surface area contributed by atoms with E-state index in [1.54, 1.807) is 0 Å². The molecule has 0 spiro atoms. The monoisotopic (exact) mass is 450 g/mol. The second-order valence-corrected chi connectivity index (χ2v) is 10.9. The second-order valence-electron chi connectivity index (χ2n) is 10.9. The Morgan fingerprint density at radius 2 is 1.88 bits per heavy atom. The summed E-state index contributed by atoms with van der Waals surface area (Å²) < 4.78 is 22.5. The molecule has 0 aromatic heterocycles. The number of alkyl carbamates (subject to hydrolysis) is 1. The van der Waals surface area contributed by atoms with Gasteiger partial charge in [-0.05, 0) is 77.0 Å². The fourth-order valence-corrected chi connectivity index (χ4v) is 3.71. The van der Waals surface area contributed by atoms with Crippen LogP contribution in [0.15, 0.2) is 24.3 Å². The minimum absolute atomic E-state index is 0.0147. The van der Waals surface area contributed by atoms with Crippen molar-refractivity contribution in [3.63, 3.8) is 0 Å². The Morgan fingerprint density at radius 1 is 1.22 bits per heavy atom. The molecule has 182 valence electrons. The molecule has 0 saturated carbocycles. The van der Waals surface area contributed by atoms with Crippen molar-refractivity contribution in [1.82, 2.24) is 5.32 Å². The quantitative estimate of drug-likeness (QED) is 0.548. The van der Waals surface area contributed by atoms with Crippen molar-refractivity contribution in [2.45, 2.75) is 91.3 Å². The maximum Gasteiger partial charge on any atom is 0.407 e. The number of ether oxygens (including phenoxy) is 4. The lowest BCUT2D eigenvalue weighted by Gasteiger charge is -2.30. The molecule has 1 aromatic rings. The van der Waals surface area contributed by atoms with Crippen LogP contribution >= 0.6 is 0 Å². The maximum atomic E-state index is 12.1. The summed E-state index contributed by atoms with van der Waals surface area (Å²) in [4.78, 5) is 12.1. The summed E-state index contributed by atoms with van der Waals surface area (Å²) >= 11 is 0. The summed E-state index contributed by atoms with van der Waals surface area (Å²) in [5.74, 6) is 0.293. The largest absolute Gasteiger partial charge is 0.491 e. The zero-order valence-electron chi connectivity index (χ0n) is 20.8. The van der Waals surface area contributed by atoms with Crippen molar-refractivity contribution in [2.75, 3.05) is 19.8 Å². The average Bonchev–Trinajstić information content (AvgIpc) is 3.02. The fraction of sp³-hybridized carbons (Fsp3) is 0.720. The lowest BCUT2D eigenvalue weighted by atomic mass is 9.80. The van der Waals surface area contributed by atoms with Gasteiger partial charge in [-0.15, -0.1) is 0 Å². The summed E-state index contributed by atoms with van der Waals surface area (Å²) in [5.41, 5.74) is 6.64. The number of benzene rings is 1. The topological polar surface area (TPSA) is 92.0 Å². The van der Waals surface area contributed by atoms with Crippen LogP contribution in [0.4, 0.5) is 4.79 Å². The zero-order valence-corrected chi connectivity index (χ0v) is 20.8. The van der Waals surface area contributed by atoms with Crippen LogP contribution in [0.1, 0.15) is 66.9 Å². The lowest BCUT2D eigenvalue weighted by molar-refractivity contribution is -0.141. The molecule has 1 fully saturated rings. The van der Waals surface area contributed by atoms with E-state index in [1.807, 2.05) is 46.8 Å². The first kappa shape index (κ1) is 26.4. The molecule has 1 heterocycles. The molecule has 2 atom stereocenters. The van der Waals surface area contributed by atoms with E-state index in [0.717, 1.165) is 25.0 Å². The van der Waals surface area contributed by atoms with Crippen molar-refractivity contribution in [3.8, 4) is 5.75 Å². The molecule has 1 unspecified atom stereocenters. The van der Waals surface area contributed by atoms with Gasteiger partial charge in [-0.1, -0.05) is 26.0 Å². The minimum Gasteiger partial charge on any atom is -0.491 e. The number of rotatable bonds is 10. The van der Waals surface area contributed by atoms with Crippen LogP contribution in [0.25, 0.3) is 0 Å². The molecule has 1 aliphatic heterocycles. The fourth-order valence-electron chi connectivity index (χ4n) is 3.71. The summed E-state index contributed by atoms with van der Waals surface area (Å²) in [5, 5.41) is 2.91. The highest BCUT2D eigenvalue weighted by molar-refractivity contribution is 5.68. The van der Waals surface area contributed by atoms with Crippen molar-refractivity contribution < 1.29 is 23.7 Å². The van der Waals surface area contributed by atoms with E-state index in [0.29, 0.717) is 19.8 Å². The lowest BCUT2D eigenvalue weighted by Crippen LogP contribution is -2.45. The van der Waals surface area contributed by atoms with E-state index in [-0.39, 0.29) is 17.6 Å². The van der Waals surface area contributed by atoms with E-state index in [1.165, 1.54) is 5.56 Å². The molecule has 0 aliphatic carbocycles. The van der Waals surface area contributed by atoms with Gasteiger partial charge in [-0.3, -0.25) is 0 Å². The molecule has 1 amide bonds. The van der Waals surface area contributed by atoms with Crippen molar-refractivity contribution in [3.05, 3.63) is 29.8 Å². The third-order valence-electron chi connectivity index (χ3n) is 5.32. The zero-order chi connectivity index (χ0) is 24.0. The Balaban J connectivity index is 1.78. The van der Waals surface area contributed by atoms with E-state index in [9.17, 15) is 4.79 Å². The Morgan fingerprint density at radius 3 is 2.41 bits per heavy atom. The van der Waals surface area contributed by atoms with Gasteiger partial charge in [-0.2, -0.15) is 0 Å². The van der Waals surface area contributed by atoms with E-state index in [4.69, 9.17) is 24.7 Å². The normalized spacial score (nSPS) is 19.4. The van der Waals surface area contributed by atoms with Gasteiger partial charge in [0.1, 0.15) is 24.1 Å². The molecule has 32 heavy (non-hydrogen) atoms. The predicted molar refractivity (Wildman–Crippen MR) is 126 cm³/mol. The molecule has 1 aromatic carbocycles. The Kier molecular flexibility index (Phi) is 8.97. The smallest absolute Gasteiger partial charge is 0.407 e. The average molecular weight is 451 g/mol. The highest BCUT2D eigenvalue weighted by atomic mass is 16.7. The van der Waals surface area contributed by atoms with Crippen LogP contribution in [0.2, 0.25) is 0 Å². The summed E-state index contributed by atoms with van der Waals surface area (Å²) in [6, 6.07) is 8.07. The molecule has 0 radical (unpaired) electrons. The molecule has 3 N–H and O–H groups in total. The molecule has 1 saturated heterocycles. The number of amides is 1. The number of carbonyl (C=O) groups excluding carboxylic acids is 1. The van der Waals surface area contributed by atoms with Gasteiger partial charge in [0.2, 0.25) is 0 Å². The van der Waals surface area contributed by atoms with Gasteiger partial charge in [0.05, 0.1) is 6.61 Å². The standard InChI is InChI=1S/C25H42N2O5/c1-23(2,3)32-22(28)27-19(15-26)14-24(4,5)13-12-18-8-10-20(11-9-18)29-16-21-17-30-25(6,7)31-21/h8-11,19,21H,12-17,26H2,1-7H3,(H,27,28)/t19-,21?/m0/s1. The number of hydrogen-bond donors (Lipinski definition) is 2. The van der Waals surface area contributed by atoms with Crippen molar-refractivity contribution in [1.29, 1.82) is 0 Å². The Bertz CT molecular complexity index is 725. The third kappa shape index (κ3) is 9.76. The molecule has 2 rings (SSSR count). The highest BCUT2D eigenvalue weighted by Crippen LogP contribution is 2.29.